The van der Waals surface area contributed by atoms with Gasteiger partial charge in [0, 0.05) is 31.9 Å². The third-order valence-electron chi connectivity index (χ3n) is 6.94. The summed E-state index contributed by atoms with van der Waals surface area (Å²) in [5.74, 6) is -0.178. The maximum Gasteiger partial charge on any atom is 0.323 e. The van der Waals surface area contributed by atoms with Crippen molar-refractivity contribution >= 4 is 32.7 Å². The Labute approximate surface area is 198 Å². The van der Waals surface area contributed by atoms with Gasteiger partial charge in [-0.2, -0.15) is 4.31 Å². The van der Waals surface area contributed by atoms with Gasteiger partial charge in [-0.3, -0.25) is 9.69 Å². The van der Waals surface area contributed by atoms with E-state index in [4.69, 9.17) is 0 Å². The van der Waals surface area contributed by atoms with E-state index in [0.717, 1.165) is 31.2 Å². The Morgan fingerprint density at radius 3 is 2.41 bits per heavy atom. The third-order valence-corrected chi connectivity index (χ3v) is 8.84. The lowest BCUT2D eigenvalue weighted by Crippen LogP contribution is -2.53. The molecule has 0 spiro atoms. The standard InChI is InChI=1S/C24H29N5O4S/c1-16(23(30)25-19-7-9-21-22(15-19)27-24(31)26-21)28-10-12-29(13-11-28)34(32,33)20-8-6-17-4-2-3-5-18(17)14-20/h6-9,14-16H,2-5,10-13H2,1H3,(H,25,30)(H2,26,27,31). The average molecular weight is 484 g/mol. The Bertz CT molecular complexity index is 1390. The van der Waals surface area contributed by atoms with Crippen LogP contribution in [0.2, 0.25) is 0 Å². The minimum atomic E-state index is -3.56. The van der Waals surface area contributed by atoms with Gasteiger partial charge in [0.25, 0.3) is 0 Å². The number of nitrogens with one attached hydrogen (secondary N) is 3. The number of hydrogen-bond acceptors (Lipinski definition) is 5. The summed E-state index contributed by atoms with van der Waals surface area (Å²) in [6.07, 6.45) is 4.22. The molecule has 1 fully saturated rings. The fourth-order valence-corrected chi connectivity index (χ4v) is 6.35. The number of piperazine rings is 1. The van der Waals surface area contributed by atoms with E-state index in [-0.39, 0.29) is 11.6 Å². The normalized spacial score (nSPS) is 18.5. The summed E-state index contributed by atoms with van der Waals surface area (Å²) in [5.41, 5.74) is 4.00. The van der Waals surface area contributed by atoms with Crippen LogP contribution in [0.1, 0.15) is 30.9 Å². The van der Waals surface area contributed by atoms with Crippen molar-refractivity contribution in [1.82, 2.24) is 19.2 Å². The zero-order valence-electron chi connectivity index (χ0n) is 19.1. The number of H-pyrrole nitrogens is 2. The van der Waals surface area contributed by atoms with Crippen LogP contribution in [0, 0.1) is 0 Å². The van der Waals surface area contributed by atoms with Gasteiger partial charge in [-0.1, -0.05) is 6.07 Å². The molecule has 0 bridgehead atoms. The maximum atomic E-state index is 13.2. The molecule has 3 N–H and O–H groups in total. The number of sulfonamides is 1. The van der Waals surface area contributed by atoms with Crippen LogP contribution in [0.4, 0.5) is 5.69 Å². The largest absolute Gasteiger partial charge is 0.325 e. The quantitative estimate of drug-likeness (QED) is 0.513. The van der Waals surface area contributed by atoms with Crippen LogP contribution in [0.15, 0.2) is 46.1 Å². The molecule has 34 heavy (non-hydrogen) atoms. The minimum absolute atomic E-state index is 0.178. The van der Waals surface area contributed by atoms with E-state index in [0.29, 0.717) is 47.8 Å². The first kappa shape index (κ1) is 22.8. The van der Waals surface area contributed by atoms with Crippen LogP contribution < -0.4 is 11.0 Å². The molecule has 1 aliphatic carbocycles. The van der Waals surface area contributed by atoms with E-state index in [1.807, 2.05) is 24.0 Å². The second-order valence-corrected chi connectivity index (χ2v) is 11.0. The predicted octanol–water partition coefficient (Wildman–Crippen LogP) is 2.07. The average Bonchev–Trinajstić information content (AvgIpc) is 3.22. The first-order chi connectivity index (χ1) is 16.3. The lowest BCUT2D eigenvalue weighted by atomic mass is 9.92. The Balaban J connectivity index is 1.21. The van der Waals surface area contributed by atoms with Crippen LogP contribution >= 0.6 is 0 Å². The van der Waals surface area contributed by atoms with E-state index in [1.165, 1.54) is 9.87 Å². The number of aromatic amines is 2. The molecule has 180 valence electrons. The molecular weight excluding hydrogens is 454 g/mol. The minimum Gasteiger partial charge on any atom is -0.325 e. The van der Waals surface area contributed by atoms with Crippen LogP contribution in [0.3, 0.4) is 0 Å². The van der Waals surface area contributed by atoms with Gasteiger partial charge in [-0.25, -0.2) is 13.2 Å². The SMILES string of the molecule is CC(C(=O)Nc1ccc2[nH]c(=O)[nH]c2c1)N1CCN(S(=O)(=O)c2ccc3c(c2)CCCC3)CC1. The summed E-state index contributed by atoms with van der Waals surface area (Å²) >= 11 is 0. The molecule has 0 radical (unpaired) electrons. The van der Waals surface area contributed by atoms with Crippen LogP contribution in [-0.2, 0) is 27.7 Å². The Hall–Kier alpha value is -2.95. The van der Waals surface area contributed by atoms with Crippen molar-refractivity contribution in [2.24, 2.45) is 0 Å². The third kappa shape index (κ3) is 4.40. The maximum absolute atomic E-state index is 13.2. The van der Waals surface area contributed by atoms with Crippen LogP contribution in [0.25, 0.3) is 11.0 Å². The first-order valence-electron chi connectivity index (χ1n) is 11.7. The van der Waals surface area contributed by atoms with Crippen LogP contribution in [0.5, 0.6) is 0 Å². The summed E-state index contributed by atoms with van der Waals surface area (Å²) in [6.45, 7) is 3.45. The number of fused-ring (bicyclic) bond motifs is 2. The molecule has 1 atom stereocenters. The van der Waals surface area contributed by atoms with Gasteiger partial charge in [-0.05, 0) is 74.1 Å². The Morgan fingerprint density at radius 2 is 1.65 bits per heavy atom. The zero-order chi connectivity index (χ0) is 23.9. The number of amides is 1. The van der Waals surface area contributed by atoms with Gasteiger partial charge in [0.05, 0.1) is 22.0 Å². The summed E-state index contributed by atoms with van der Waals surface area (Å²) in [5, 5.41) is 2.89. The summed E-state index contributed by atoms with van der Waals surface area (Å²) in [7, 11) is -3.56. The molecule has 2 aliphatic rings. The molecule has 1 aromatic heterocycles. The number of aryl methyl sites for hydroxylation is 2. The molecule has 1 unspecified atom stereocenters. The van der Waals surface area contributed by atoms with Crippen molar-refractivity contribution < 1.29 is 13.2 Å². The van der Waals surface area contributed by atoms with Crippen molar-refractivity contribution in [3.63, 3.8) is 0 Å². The Morgan fingerprint density at radius 1 is 0.941 bits per heavy atom. The lowest BCUT2D eigenvalue weighted by Gasteiger charge is -2.36. The molecule has 10 heteroatoms. The molecule has 3 aromatic rings. The zero-order valence-corrected chi connectivity index (χ0v) is 20.0. The van der Waals surface area contributed by atoms with E-state index in [9.17, 15) is 18.0 Å². The van der Waals surface area contributed by atoms with Crippen molar-refractivity contribution in [2.45, 2.75) is 43.5 Å². The Kier molecular flexibility index (Phi) is 6.05. The lowest BCUT2D eigenvalue weighted by molar-refractivity contribution is -0.121. The van der Waals surface area contributed by atoms with Crippen molar-refractivity contribution in [3.8, 4) is 0 Å². The second kappa shape index (κ2) is 9.01. The highest BCUT2D eigenvalue weighted by Gasteiger charge is 2.32. The van der Waals surface area contributed by atoms with Gasteiger partial charge in [-0.15, -0.1) is 0 Å². The molecule has 5 rings (SSSR count). The number of anilines is 1. The fourth-order valence-electron chi connectivity index (χ4n) is 4.87. The van der Waals surface area contributed by atoms with Gasteiger partial charge >= 0.3 is 5.69 Å². The van der Waals surface area contributed by atoms with Gasteiger partial charge in [0.1, 0.15) is 0 Å². The molecule has 2 heterocycles. The monoisotopic (exact) mass is 483 g/mol. The molecule has 1 amide bonds. The number of benzene rings is 2. The smallest absolute Gasteiger partial charge is 0.323 e. The predicted molar refractivity (Wildman–Crippen MR) is 130 cm³/mol. The number of imidazole rings is 1. The van der Waals surface area contributed by atoms with Crippen LogP contribution in [-0.4, -0.2) is 65.7 Å². The molecule has 1 aliphatic heterocycles. The summed E-state index contributed by atoms with van der Waals surface area (Å²) in [4.78, 5) is 32.0. The van der Waals surface area contributed by atoms with Gasteiger partial charge in [0.2, 0.25) is 15.9 Å². The van der Waals surface area contributed by atoms with E-state index < -0.39 is 16.1 Å². The molecule has 2 aromatic carbocycles. The fraction of sp³-hybridized carbons (Fsp3) is 0.417. The number of carbonyl (C=O) groups is 1. The number of aromatic nitrogens is 2. The summed E-state index contributed by atoms with van der Waals surface area (Å²) in [6, 6.07) is 10.3. The van der Waals surface area contributed by atoms with E-state index in [2.05, 4.69) is 15.3 Å². The van der Waals surface area contributed by atoms with Gasteiger partial charge in [0.15, 0.2) is 0 Å². The first-order valence-corrected chi connectivity index (χ1v) is 13.1. The van der Waals surface area contributed by atoms with Gasteiger partial charge < -0.3 is 15.3 Å². The topological polar surface area (TPSA) is 118 Å². The van der Waals surface area contributed by atoms with E-state index >= 15 is 0 Å². The highest BCUT2D eigenvalue weighted by atomic mass is 32.2. The molecular formula is C24H29N5O4S. The van der Waals surface area contributed by atoms with E-state index in [1.54, 1.807) is 24.3 Å². The highest BCUT2D eigenvalue weighted by molar-refractivity contribution is 7.89. The number of hydrogen-bond donors (Lipinski definition) is 3. The molecule has 9 nitrogen and oxygen atoms in total. The van der Waals surface area contributed by atoms with Crippen molar-refractivity contribution in [2.75, 3.05) is 31.5 Å². The highest BCUT2D eigenvalue weighted by Crippen LogP contribution is 2.26. The number of rotatable bonds is 5. The second-order valence-electron chi connectivity index (χ2n) is 9.08. The molecule has 0 saturated carbocycles. The molecule has 1 saturated heterocycles. The number of carbonyl (C=O) groups excluding carboxylic acids is 1. The van der Waals surface area contributed by atoms with Crippen molar-refractivity contribution in [3.05, 3.63) is 58.0 Å². The summed E-state index contributed by atoms with van der Waals surface area (Å²) < 4.78 is 28.0. The van der Waals surface area contributed by atoms with Crippen molar-refractivity contribution in [1.29, 1.82) is 0 Å². The number of nitrogens with zero attached hydrogens (tertiary/aromatic N) is 2.